The Morgan fingerprint density at radius 3 is 2.44 bits per heavy atom. The largest absolute Gasteiger partial charge is 0.489 e. The van der Waals surface area contributed by atoms with Gasteiger partial charge in [0.2, 0.25) is 0 Å². The van der Waals surface area contributed by atoms with E-state index >= 15 is 0 Å². The monoisotopic (exact) mass is 454 g/mol. The summed E-state index contributed by atoms with van der Waals surface area (Å²) in [6, 6.07) is 17.2. The van der Waals surface area contributed by atoms with Crippen LogP contribution in [0.4, 0.5) is 0 Å². The first-order valence-electron chi connectivity index (χ1n) is 10.9. The van der Waals surface area contributed by atoms with E-state index in [2.05, 4.69) is 4.90 Å². The third-order valence-corrected chi connectivity index (χ3v) is 8.10. The molecule has 0 aliphatic carbocycles. The normalized spacial score (nSPS) is 21.1. The highest BCUT2D eigenvalue weighted by Crippen LogP contribution is 2.29. The Morgan fingerprint density at radius 1 is 1.00 bits per heavy atom. The van der Waals surface area contributed by atoms with Gasteiger partial charge in [-0.1, -0.05) is 36.4 Å². The summed E-state index contributed by atoms with van der Waals surface area (Å²) < 4.78 is 35.6. The molecule has 1 amide bonds. The molecule has 0 unspecified atom stereocenters. The molecular weight excluding hydrogens is 428 g/mol. The van der Waals surface area contributed by atoms with Gasteiger partial charge in [-0.05, 0) is 24.6 Å². The molecule has 32 heavy (non-hydrogen) atoms. The van der Waals surface area contributed by atoms with E-state index < -0.39 is 9.84 Å². The number of hydrogen-bond acceptors (Lipinski definition) is 6. The lowest BCUT2D eigenvalue weighted by Crippen LogP contribution is -2.52. The molecule has 0 saturated carbocycles. The smallest absolute Gasteiger partial charge is 0.290 e. The van der Waals surface area contributed by atoms with Gasteiger partial charge < -0.3 is 14.1 Å². The number of sulfone groups is 1. The molecule has 0 bridgehead atoms. The molecule has 2 aliphatic heterocycles. The topological polar surface area (TPSA) is 80.1 Å². The molecule has 1 atom stereocenters. The van der Waals surface area contributed by atoms with E-state index in [9.17, 15) is 13.2 Å². The van der Waals surface area contributed by atoms with Crippen LogP contribution < -0.4 is 4.74 Å². The number of piperazine rings is 1. The minimum atomic E-state index is -2.92. The zero-order chi connectivity index (χ0) is 22.1. The second kappa shape index (κ2) is 8.60. The summed E-state index contributed by atoms with van der Waals surface area (Å²) in [7, 11) is -2.92. The van der Waals surface area contributed by atoms with Crippen LogP contribution in [0, 0.1) is 0 Å². The first-order chi connectivity index (χ1) is 15.5. The number of benzene rings is 2. The SMILES string of the molecule is O=C(c1oc2ccccc2c1COc1ccccc1)N1CCN([C@H]2CCS(=O)(=O)C2)CC1. The summed E-state index contributed by atoms with van der Waals surface area (Å²) in [5, 5.41) is 0.876. The first kappa shape index (κ1) is 21.0. The summed E-state index contributed by atoms with van der Waals surface area (Å²) in [4.78, 5) is 17.4. The van der Waals surface area contributed by atoms with Crippen LogP contribution in [-0.4, -0.2) is 67.9 Å². The molecule has 3 aromatic rings. The Kier molecular flexibility index (Phi) is 5.65. The summed E-state index contributed by atoms with van der Waals surface area (Å²) >= 11 is 0. The highest BCUT2D eigenvalue weighted by Gasteiger charge is 2.35. The molecule has 2 fully saturated rings. The predicted octanol–water partition coefficient (Wildman–Crippen LogP) is 2.96. The Hall–Kier alpha value is -2.84. The van der Waals surface area contributed by atoms with Crippen molar-refractivity contribution in [2.75, 3.05) is 37.7 Å². The number of nitrogens with zero attached hydrogens (tertiary/aromatic N) is 2. The third-order valence-electron chi connectivity index (χ3n) is 6.35. The third kappa shape index (κ3) is 4.25. The van der Waals surface area contributed by atoms with Crippen LogP contribution >= 0.6 is 0 Å². The van der Waals surface area contributed by atoms with E-state index in [1.165, 1.54) is 0 Å². The maximum Gasteiger partial charge on any atom is 0.290 e. The molecule has 7 nitrogen and oxygen atoms in total. The number of para-hydroxylation sites is 2. The second-order valence-electron chi connectivity index (χ2n) is 8.39. The minimum absolute atomic E-state index is 0.0679. The van der Waals surface area contributed by atoms with E-state index in [0.717, 1.165) is 16.7 Å². The van der Waals surface area contributed by atoms with Gasteiger partial charge in [0.25, 0.3) is 5.91 Å². The van der Waals surface area contributed by atoms with Gasteiger partial charge in [0.15, 0.2) is 15.6 Å². The molecule has 168 valence electrons. The number of furan rings is 1. The van der Waals surface area contributed by atoms with Gasteiger partial charge in [-0.2, -0.15) is 0 Å². The van der Waals surface area contributed by atoms with Gasteiger partial charge in [-0.15, -0.1) is 0 Å². The van der Waals surface area contributed by atoms with Crippen LogP contribution in [0.2, 0.25) is 0 Å². The molecule has 0 radical (unpaired) electrons. The second-order valence-corrected chi connectivity index (χ2v) is 10.6. The lowest BCUT2D eigenvalue weighted by atomic mass is 10.1. The molecule has 1 aromatic heterocycles. The van der Waals surface area contributed by atoms with Crippen LogP contribution in [0.15, 0.2) is 59.0 Å². The lowest BCUT2D eigenvalue weighted by molar-refractivity contribution is 0.0557. The standard InChI is InChI=1S/C24H26N2O5S/c27-24(26-13-11-25(12-14-26)18-10-15-32(28,29)17-18)23-21(16-30-19-6-2-1-3-7-19)20-8-4-5-9-22(20)31-23/h1-9,18H,10-17H2/t18-/m0/s1. The van der Waals surface area contributed by atoms with Crippen LogP contribution in [-0.2, 0) is 16.4 Å². The molecular formula is C24H26N2O5S. The summed E-state index contributed by atoms with van der Waals surface area (Å²) in [5.74, 6) is 1.40. The molecule has 0 N–H and O–H groups in total. The van der Waals surface area contributed by atoms with E-state index in [1.54, 1.807) is 4.90 Å². The number of fused-ring (bicyclic) bond motifs is 1. The fourth-order valence-electron chi connectivity index (χ4n) is 4.58. The van der Waals surface area contributed by atoms with Crippen molar-refractivity contribution in [2.24, 2.45) is 0 Å². The number of amides is 1. The molecule has 2 aromatic carbocycles. The van der Waals surface area contributed by atoms with Crippen LogP contribution in [0.5, 0.6) is 5.75 Å². The summed E-state index contributed by atoms with van der Waals surface area (Å²) in [6.07, 6.45) is 0.681. The quantitative estimate of drug-likeness (QED) is 0.590. The van der Waals surface area contributed by atoms with Crippen molar-refractivity contribution < 1.29 is 22.4 Å². The molecule has 8 heteroatoms. The Morgan fingerprint density at radius 2 is 1.72 bits per heavy atom. The van der Waals surface area contributed by atoms with Crippen molar-refractivity contribution in [2.45, 2.75) is 19.1 Å². The van der Waals surface area contributed by atoms with E-state index in [4.69, 9.17) is 9.15 Å². The average Bonchev–Trinajstić information content (AvgIpc) is 3.37. The van der Waals surface area contributed by atoms with Crippen molar-refractivity contribution in [1.82, 2.24) is 9.80 Å². The number of carbonyl (C=O) groups is 1. The van der Waals surface area contributed by atoms with Gasteiger partial charge in [-0.3, -0.25) is 9.69 Å². The first-order valence-corrected chi connectivity index (χ1v) is 12.7. The zero-order valence-corrected chi connectivity index (χ0v) is 18.6. The number of hydrogen-bond donors (Lipinski definition) is 0. The highest BCUT2D eigenvalue weighted by molar-refractivity contribution is 7.91. The number of ether oxygens (including phenoxy) is 1. The maximum atomic E-state index is 13.4. The average molecular weight is 455 g/mol. The van der Waals surface area contributed by atoms with Crippen LogP contribution in [0.25, 0.3) is 11.0 Å². The number of rotatable bonds is 5. The Balaban J connectivity index is 1.32. The zero-order valence-electron chi connectivity index (χ0n) is 17.8. The van der Waals surface area contributed by atoms with Gasteiger partial charge in [0.05, 0.1) is 11.5 Å². The highest BCUT2D eigenvalue weighted by atomic mass is 32.2. The van der Waals surface area contributed by atoms with Gasteiger partial charge >= 0.3 is 0 Å². The molecule has 0 spiro atoms. The molecule has 2 aliphatic rings. The van der Waals surface area contributed by atoms with Gasteiger partial charge in [-0.25, -0.2) is 8.42 Å². The van der Waals surface area contributed by atoms with Crippen molar-refractivity contribution >= 4 is 26.7 Å². The Labute approximate surface area is 187 Å². The predicted molar refractivity (Wildman–Crippen MR) is 122 cm³/mol. The van der Waals surface area contributed by atoms with Gasteiger partial charge in [0.1, 0.15) is 17.9 Å². The molecule has 5 rings (SSSR count). The fraction of sp³-hybridized carbons (Fsp3) is 0.375. The van der Waals surface area contributed by atoms with Crippen LogP contribution in [0.3, 0.4) is 0 Å². The van der Waals surface area contributed by atoms with Crippen molar-refractivity contribution in [3.63, 3.8) is 0 Å². The lowest BCUT2D eigenvalue weighted by Gasteiger charge is -2.37. The van der Waals surface area contributed by atoms with Crippen molar-refractivity contribution in [3.05, 3.63) is 65.9 Å². The van der Waals surface area contributed by atoms with E-state index in [1.807, 2.05) is 54.6 Å². The van der Waals surface area contributed by atoms with E-state index in [-0.39, 0.29) is 30.1 Å². The van der Waals surface area contributed by atoms with Gasteiger partial charge in [0, 0.05) is 43.2 Å². The molecule has 2 saturated heterocycles. The van der Waals surface area contributed by atoms with Crippen molar-refractivity contribution in [1.29, 1.82) is 0 Å². The molecule has 3 heterocycles. The summed E-state index contributed by atoms with van der Waals surface area (Å²) in [6.45, 7) is 2.67. The van der Waals surface area contributed by atoms with Crippen LogP contribution in [0.1, 0.15) is 22.5 Å². The van der Waals surface area contributed by atoms with E-state index in [0.29, 0.717) is 43.9 Å². The Bertz CT molecular complexity index is 1210. The fourth-order valence-corrected chi connectivity index (χ4v) is 6.35. The number of carbonyl (C=O) groups excluding carboxylic acids is 1. The maximum absolute atomic E-state index is 13.4. The van der Waals surface area contributed by atoms with Crippen molar-refractivity contribution in [3.8, 4) is 5.75 Å². The summed E-state index contributed by atoms with van der Waals surface area (Å²) in [5.41, 5.74) is 1.41. The minimum Gasteiger partial charge on any atom is -0.489 e.